The number of benzene rings is 6. The highest BCUT2D eigenvalue weighted by molar-refractivity contribution is 6.19. The van der Waals surface area contributed by atoms with Crippen LogP contribution in [0.3, 0.4) is 0 Å². The number of anilines is 2. The summed E-state index contributed by atoms with van der Waals surface area (Å²) in [4.78, 5) is 46.3. The number of alkyl halides is 4. The van der Waals surface area contributed by atoms with Crippen LogP contribution in [-0.2, 0) is 22.4 Å². The molecule has 0 aliphatic rings. The number of carbonyl (C=O) groups excluding carboxylic acids is 2. The van der Waals surface area contributed by atoms with Crippen LogP contribution in [-0.4, -0.2) is 81.6 Å². The molecule has 2 N–H and O–H groups in total. The van der Waals surface area contributed by atoms with E-state index < -0.39 is 0 Å². The summed E-state index contributed by atoms with van der Waals surface area (Å²) in [6, 6.07) is 43.7. The number of fused-ring (bicyclic) bond motifs is 2. The van der Waals surface area contributed by atoms with Crippen molar-refractivity contribution < 1.29 is 19.1 Å². The lowest BCUT2D eigenvalue weighted by Crippen LogP contribution is -2.27. The van der Waals surface area contributed by atoms with Gasteiger partial charge in [0.05, 0.1) is 22.1 Å². The van der Waals surface area contributed by atoms with Gasteiger partial charge in [-0.15, -0.1) is 46.4 Å². The Morgan fingerprint density at radius 1 is 0.456 bits per heavy atom. The number of rotatable bonds is 23. The lowest BCUT2D eigenvalue weighted by atomic mass is 10.0. The number of hydrogen-bond donors (Lipinski definition) is 2. The molecule has 0 fully saturated rings. The highest BCUT2D eigenvalue weighted by atomic mass is 35.5. The van der Waals surface area contributed by atoms with Crippen LogP contribution in [0.5, 0.6) is 11.5 Å². The number of hydrogen-bond acceptors (Lipinski definition) is 8. The van der Waals surface area contributed by atoms with E-state index in [1.54, 1.807) is 24.3 Å². The lowest BCUT2D eigenvalue weighted by molar-refractivity contribution is -0.135. The van der Waals surface area contributed by atoms with E-state index in [-0.39, 0.29) is 11.9 Å². The molecule has 14 heteroatoms. The number of esters is 2. The zero-order valence-corrected chi connectivity index (χ0v) is 40.6. The van der Waals surface area contributed by atoms with Gasteiger partial charge in [0.15, 0.2) is 0 Å². The molecule has 0 saturated carbocycles. The van der Waals surface area contributed by atoms with Crippen LogP contribution >= 0.6 is 46.4 Å². The average Bonchev–Trinajstić information content (AvgIpc) is 3.99. The van der Waals surface area contributed by atoms with Crippen molar-refractivity contribution in [3.63, 3.8) is 0 Å². The van der Waals surface area contributed by atoms with Gasteiger partial charge in [0.1, 0.15) is 23.1 Å². The summed E-state index contributed by atoms with van der Waals surface area (Å²) in [7, 11) is 0. The van der Waals surface area contributed by atoms with Gasteiger partial charge in [-0.25, -0.2) is 9.97 Å². The molecule has 0 spiro atoms. The quantitative estimate of drug-likeness (QED) is 0.0370. The van der Waals surface area contributed by atoms with Crippen molar-refractivity contribution in [1.82, 2.24) is 19.9 Å². The summed E-state index contributed by atoms with van der Waals surface area (Å²) in [5, 5.41) is 0. The molecule has 2 aromatic heterocycles. The number of imidazole rings is 2. The van der Waals surface area contributed by atoms with Crippen LogP contribution < -0.4 is 19.3 Å². The van der Waals surface area contributed by atoms with Crippen molar-refractivity contribution in [2.24, 2.45) is 0 Å². The summed E-state index contributed by atoms with van der Waals surface area (Å²) < 4.78 is 11.3. The maximum atomic E-state index is 12.7. The van der Waals surface area contributed by atoms with Crippen molar-refractivity contribution in [2.75, 3.05) is 59.5 Å². The van der Waals surface area contributed by atoms with E-state index in [1.165, 1.54) is 0 Å². The highest BCUT2D eigenvalue weighted by Crippen LogP contribution is 2.31. The Balaban J connectivity index is 0.815. The van der Waals surface area contributed by atoms with E-state index in [0.717, 1.165) is 117 Å². The first-order valence-electron chi connectivity index (χ1n) is 22.8. The Hall–Kier alpha value is -6.04. The number of H-pyrrole nitrogens is 2. The minimum absolute atomic E-state index is 0.268. The van der Waals surface area contributed by atoms with Gasteiger partial charge >= 0.3 is 11.9 Å². The van der Waals surface area contributed by atoms with E-state index in [9.17, 15) is 9.59 Å². The molecule has 0 aliphatic heterocycles. The van der Waals surface area contributed by atoms with Crippen molar-refractivity contribution in [2.45, 2.75) is 38.5 Å². The zero-order chi connectivity index (χ0) is 47.2. The SMILES string of the molecule is O=C(CCCc1ccc(N(CCCl)CCCl)cc1)Oc1ccc(-c2nc3ccc(-c4ccc5nc(-c6ccc(OC(=O)CCCc7ccc(N(CCCl)CCCl)cc7)cc6)[nH]c5c4)cc3[nH]2)cc1. The number of nitrogens with zero attached hydrogens (tertiary/aromatic N) is 4. The summed E-state index contributed by atoms with van der Waals surface area (Å²) in [5.74, 6) is 4.03. The molecule has 10 nitrogen and oxygen atoms in total. The zero-order valence-electron chi connectivity index (χ0n) is 37.5. The van der Waals surface area contributed by atoms with Gasteiger partial charge in [0.25, 0.3) is 0 Å². The minimum Gasteiger partial charge on any atom is -0.427 e. The molecular weight excluding hydrogens is 938 g/mol. The van der Waals surface area contributed by atoms with Crippen LogP contribution in [0.2, 0.25) is 0 Å². The first-order valence-corrected chi connectivity index (χ1v) is 25.0. The molecule has 8 rings (SSSR count). The summed E-state index contributed by atoms with van der Waals surface area (Å²) in [6.07, 6.45) is 3.54. The van der Waals surface area contributed by atoms with Crippen LogP contribution in [0.4, 0.5) is 11.4 Å². The molecule has 0 aliphatic carbocycles. The van der Waals surface area contributed by atoms with Gasteiger partial charge in [0, 0.05) is 85.0 Å². The molecule has 2 heterocycles. The van der Waals surface area contributed by atoms with Crippen molar-refractivity contribution in [3.05, 3.63) is 145 Å². The van der Waals surface area contributed by atoms with Gasteiger partial charge in [-0.3, -0.25) is 9.59 Å². The third-order valence-corrected chi connectivity index (χ3v) is 12.4. The lowest BCUT2D eigenvalue weighted by Gasteiger charge is -2.23. The molecule has 0 unspecified atom stereocenters. The van der Waals surface area contributed by atoms with E-state index in [4.69, 9.17) is 65.8 Å². The molecule has 68 heavy (non-hydrogen) atoms. The molecule has 6 aromatic carbocycles. The molecule has 0 saturated heterocycles. The fraction of sp³-hybridized carbons (Fsp3) is 0.259. The fourth-order valence-electron chi connectivity index (χ4n) is 8.15. The number of carbonyl (C=O) groups is 2. The largest absolute Gasteiger partial charge is 0.427 e. The predicted molar refractivity (Wildman–Crippen MR) is 279 cm³/mol. The number of nitrogens with one attached hydrogen (secondary N) is 2. The van der Waals surface area contributed by atoms with E-state index in [2.05, 4.69) is 92.6 Å². The Kier molecular flexibility index (Phi) is 16.9. The van der Waals surface area contributed by atoms with Crippen LogP contribution in [0.1, 0.15) is 36.8 Å². The second kappa shape index (κ2) is 23.8. The fourth-order valence-corrected chi connectivity index (χ4v) is 8.96. The Morgan fingerprint density at radius 3 is 1.16 bits per heavy atom. The molecule has 350 valence electrons. The van der Waals surface area contributed by atoms with Gasteiger partial charge < -0.3 is 29.2 Å². The Bertz CT molecular complexity index is 2690. The third-order valence-electron chi connectivity index (χ3n) is 11.7. The Morgan fingerprint density at radius 2 is 0.809 bits per heavy atom. The maximum absolute atomic E-state index is 12.7. The number of aromatic nitrogens is 4. The number of aromatic amines is 2. The first-order chi connectivity index (χ1) is 33.3. The number of ether oxygens (including phenoxy) is 2. The van der Waals surface area contributed by atoms with Gasteiger partial charge in [-0.05, 0) is 145 Å². The normalized spacial score (nSPS) is 11.3. The van der Waals surface area contributed by atoms with Crippen molar-refractivity contribution in [1.29, 1.82) is 0 Å². The maximum Gasteiger partial charge on any atom is 0.311 e. The topological polar surface area (TPSA) is 116 Å². The van der Waals surface area contributed by atoms with Crippen LogP contribution in [0, 0.1) is 0 Å². The van der Waals surface area contributed by atoms with Crippen molar-refractivity contribution >= 4 is 91.8 Å². The average molecular weight is 991 g/mol. The van der Waals surface area contributed by atoms with E-state index in [0.29, 0.717) is 60.7 Å². The number of aryl methyl sites for hydroxylation is 2. The predicted octanol–water partition coefficient (Wildman–Crippen LogP) is 12.9. The molecular formula is C54H52Cl4N6O4. The second-order valence-corrected chi connectivity index (χ2v) is 17.9. The van der Waals surface area contributed by atoms with Gasteiger partial charge in [0.2, 0.25) is 0 Å². The van der Waals surface area contributed by atoms with Gasteiger partial charge in [-0.1, -0.05) is 36.4 Å². The first kappa shape index (κ1) is 48.4. The molecule has 0 amide bonds. The highest BCUT2D eigenvalue weighted by Gasteiger charge is 2.14. The second-order valence-electron chi connectivity index (χ2n) is 16.4. The number of halogens is 4. The van der Waals surface area contributed by atoms with Crippen molar-refractivity contribution in [3.8, 4) is 45.4 Å². The summed E-state index contributed by atoms with van der Waals surface area (Å²) >= 11 is 23.8. The van der Waals surface area contributed by atoms with E-state index in [1.807, 2.05) is 36.4 Å². The Labute approximate surface area is 416 Å². The van der Waals surface area contributed by atoms with Crippen LogP contribution in [0.25, 0.3) is 56.0 Å². The molecule has 0 atom stereocenters. The van der Waals surface area contributed by atoms with E-state index >= 15 is 0 Å². The van der Waals surface area contributed by atoms with Gasteiger partial charge in [-0.2, -0.15) is 0 Å². The summed E-state index contributed by atoms with van der Waals surface area (Å²) in [5.41, 5.74) is 11.8. The molecule has 0 bridgehead atoms. The van der Waals surface area contributed by atoms with Crippen LogP contribution in [0.15, 0.2) is 133 Å². The molecule has 8 aromatic rings. The third kappa shape index (κ3) is 12.7. The molecule has 0 radical (unpaired) electrons. The standard InChI is InChI=1S/C54H52Cl4N6O4/c55-27-31-63(32-28-56)43-17-7-37(8-18-43)3-1-5-51(65)67-45-21-11-39(12-22-45)53-59-47-25-15-41(35-49(47)61-53)42-16-26-48-50(36-42)62-54(60-48)40-13-23-46(24-14-40)68-52(66)6-2-4-38-9-19-44(20-10-38)64(33-29-57)34-30-58/h7-26,35-36H,1-6,27-34H2,(H,59,61)(H,60,62). The monoisotopic (exact) mass is 988 g/mol. The summed E-state index contributed by atoms with van der Waals surface area (Å²) in [6.45, 7) is 2.96. The minimum atomic E-state index is -0.268. The smallest absolute Gasteiger partial charge is 0.311 e.